The Morgan fingerprint density at radius 2 is 2.05 bits per heavy atom. The zero-order chi connectivity index (χ0) is 13.2. The number of fused-ring (bicyclic) bond motifs is 1. The molecule has 0 fully saturated rings. The van der Waals surface area contributed by atoms with E-state index < -0.39 is 0 Å². The SMILES string of the molecule is COc1ccc(Cn2cc3c(n2)CCCC3=O)cc1. The molecular formula is C15H16N2O2. The Kier molecular flexibility index (Phi) is 3.07. The van der Waals surface area contributed by atoms with E-state index in [0.717, 1.165) is 35.4 Å². The summed E-state index contributed by atoms with van der Waals surface area (Å²) in [6.07, 6.45) is 4.37. The summed E-state index contributed by atoms with van der Waals surface area (Å²) in [5.74, 6) is 1.07. The number of methoxy groups -OCH3 is 1. The van der Waals surface area contributed by atoms with Crippen LogP contribution in [0.1, 0.15) is 34.5 Å². The lowest BCUT2D eigenvalue weighted by atomic mass is 9.97. The monoisotopic (exact) mass is 256 g/mol. The molecule has 3 rings (SSSR count). The van der Waals surface area contributed by atoms with Crippen molar-refractivity contribution in [3.05, 3.63) is 47.3 Å². The predicted molar refractivity (Wildman–Crippen MR) is 71.6 cm³/mol. The lowest BCUT2D eigenvalue weighted by molar-refractivity contribution is 0.0972. The maximum Gasteiger partial charge on any atom is 0.166 e. The number of hydrogen-bond acceptors (Lipinski definition) is 3. The van der Waals surface area contributed by atoms with E-state index in [1.54, 1.807) is 7.11 Å². The third kappa shape index (κ3) is 2.38. The molecule has 0 N–H and O–H groups in total. The molecule has 0 bridgehead atoms. The van der Waals surface area contributed by atoms with Gasteiger partial charge in [0.2, 0.25) is 0 Å². The van der Waals surface area contributed by atoms with Crippen LogP contribution in [-0.2, 0) is 13.0 Å². The summed E-state index contributed by atoms with van der Waals surface area (Å²) in [4.78, 5) is 11.8. The van der Waals surface area contributed by atoms with Crippen molar-refractivity contribution in [1.29, 1.82) is 0 Å². The average Bonchev–Trinajstić information content (AvgIpc) is 2.84. The van der Waals surface area contributed by atoms with Gasteiger partial charge in [-0.2, -0.15) is 5.10 Å². The first-order valence-electron chi connectivity index (χ1n) is 6.49. The second-order valence-electron chi connectivity index (χ2n) is 4.81. The summed E-state index contributed by atoms with van der Waals surface area (Å²) in [5.41, 5.74) is 2.90. The van der Waals surface area contributed by atoms with Gasteiger partial charge >= 0.3 is 0 Å². The van der Waals surface area contributed by atoms with Crippen molar-refractivity contribution >= 4 is 5.78 Å². The van der Waals surface area contributed by atoms with Gasteiger partial charge in [0.05, 0.1) is 24.9 Å². The normalized spacial score (nSPS) is 14.3. The van der Waals surface area contributed by atoms with E-state index in [-0.39, 0.29) is 5.78 Å². The Hall–Kier alpha value is -2.10. The van der Waals surface area contributed by atoms with Gasteiger partial charge in [-0.3, -0.25) is 9.48 Å². The molecule has 19 heavy (non-hydrogen) atoms. The summed E-state index contributed by atoms with van der Waals surface area (Å²) in [7, 11) is 1.65. The molecule has 1 aromatic carbocycles. The number of carbonyl (C=O) groups is 1. The molecule has 1 aliphatic rings. The fourth-order valence-corrected chi connectivity index (χ4v) is 2.43. The minimum absolute atomic E-state index is 0.224. The van der Waals surface area contributed by atoms with Gasteiger partial charge in [-0.05, 0) is 30.5 Å². The van der Waals surface area contributed by atoms with Crippen LogP contribution in [0, 0.1) is 0 Å². The molecule has 0 saturated heterocycles. The van der Waals surface area contributed by atoms with Crippen LogP contribution < -0.4 is 4.74 Å². The third-order valence-corrected chi connectivity index (χ3v) is 3.46. The van der Waals surface area contributed by atoms with E-state index in [9.17, 15) is 4.79 Å². The molecule has 0 saturated carbocycles. The number of carbonyl (C=O) groups excluding carboxylic acids is 1. The van der Waals surface area contributed by atoms with Crippen LogP contribution >= 0.6 is 0 Å². The third-order valence-electron chi connectivity index (χ3n) is 3.46. The molecule has 0 spiro atoms. The van der Waals surface area contributed by atoms with Crippen molar-refractivity contribution in [1.82, 2.24) is 9.78 Å². The molecule has 0 atom stereocenters. The molecule has 1 heterocycles. The highest BCUT2D eigenvalue weighted by Gasteiger charge is 2.20. The highest BCUT2D eigenvalue weighted by Crippen LogP contribution is 2.20. The first kappa shape index (κ1) is 12.0. The van der Waals surface area contributed by atoms with Crippen LogP contribution in [0.25, 0.3) is 0 Å². The van der Waals surface area contributed by atoms with Crippen molar-refractivity contribution in [3.63, 3.8) is 0 Å². The molecule has 0 amide bonds. The molecule has 1 aromatic heterocycles. The number of ether oxygens (including phenoxy) is 1. The summed E-state index contributed by atoms with van der Waals surface area (Å²) in [6.45, 7) is 0.685. The Bertz CT molecular complexity index is 599. The highest BCUT2D eigenvalue weighted by molar-refractivity contribution is 5.97. The maximum absolute atomic E-state index is 11.8. The van der Waals surface area contributed by atoms with Crippen molar-refractivity contribution in [2.24, 2.45) is 0 Å². The van der Waals surface area contributed by atoms with E-state index in [1.165, 1.54) is 0 Å². The number of nitrogens with zero attached hydrogens (tertiary/aromatic N) is 2. The highest BCUT2D eigenvalue weighted by atomic mass is 16.5. The smallest absolute Gasteiger partial charge is 0.166 e. The molecule has 4 heteroatoms. The zero-order valence-electron chi connectivity index (χ0n) is 10.9. The van der Waals surface area contributed by atoms with Crippen LogP contribution in [0.5, 0.6) is 5.75 Å². The topological polar surface area (TPSA) is 44.1 Å². The van der Waals surface area contributed by atoms with E-state index in [2.05, 4.69) is 5.10 Å². The lowest BCUT2D eigenvalue weighted by Gasteiger charge is -2.06. The predicted octanol–water partition coefficient (Wildman–Crippen LogP) is 2.46. The minimum atomic E-state index is 0.224. The van der Waals surface area contributed by atoms with Crippen molar-refractivity contribution < 1.29 is 9.53 Å². The van der Waals surface area contributed by atoms with E-state index in [4.69, 9.17) is 4.74 Å². The Morgan fingerprint density at radius 3 is 2.74 bits per heavy atom. The Labute approximate surface area is 112 Å². The van der Waals surface area contributed by atoms with Crippen LogP contribution in [0.15, 0.2) is 30.5 Å². The van der Waals surface area contributed by atoms with Crippen LogP contribution in [0.4, 0.5) is 0 Å². The Balaban J connectivity index is 1.81. The van der Waals surface area contributed by atoms with E-state index in [1.807, 2.05) is 35.1 Å². The van der Waals surface area contributed by atoms with Gasteiger partial charge in [0.1, 0.15) is 5.75 Å². The van der Waals surface area contributed by atoms with Gasteiger partial charge in [0.15, 0.2) is 5.78 Å². The van der Waals surface area contributed by atoms with Gasteiger partial charge < -0.3 is 4.74 Å². The second kappa shape index (κ2) is 4.88. The number of aryl methyl sites for hydroxylation is 1. The fraction of sp³-hybridized carbons (Fsp3) is 0.333. The largest absolute Gasteiger partial charge is 0.497 e. The van der Waals surface area contributed by atoms with Crippen LogP contribution in [0.2, 0.25) is 0 Å². The fourth-order valence-electron chi connectivity index (χ4n) is 2.43. The van der Waals surface area contributed by atoms with Crippen LogP contribution in [0.3, 0.4) is 0 Å². The standard InChI is InChI=1S/C15H16N2O2/c1-19-12-7-5-11(6-8-12)9-17-10-13-14(16-17)3-2-4-15(13)18/h5-8,10H,2-4,9H2,1H3. The van der Waals surface area contributed by atoms with Crippen LogP contribution in [-0.4, -0.2) is 22.7 Å². The summed E-state index contributed by atoms with van der Waals surface area (Å²) in [6, 6.07) is 7.90. The van der Waals surface area contributed by atoms with Crippen molar-refractivity contribution in [2.75, 3.05) is 7.11 Å². The number of ketones is 1. The second-order valence-corrected chi connectivity index (χ2v) is 4.81. The molecule has 2 aromatic rings. The molecule has 98 valence electrons. The number of Topliss-reactive ketones (excluding diaryl/α,β-unsaturated/α-hetero) is 1. The van der Waals surface area contributed by atoms with E-state index >= 15 is 0 Å². The first-order valence-corrected chi connectivity index (χ1v) is 6.49. The number of benzene rings is 1. The van der Waals surface area contributed by atoms with Gasteiger partial charge in [-0.15, -0.1) is 0 Å². The van der Waals surface area contributed by atoms with Gasteiger partial charge in [0.25, 0.3) is 0 Å². The quantitative estimate of drug-likeness (QED) is 0.847. The zero-order valence-corrected chi connectivity index (χ0v) is 10.9. The van der Waals surface area contributed by atoms with Crippen molar-refractivity contribution in [2.45, 2.75) is 25.8 Å². The minimum Gasteiger partial charge on any atom is -0.497 e. The van der Waals surface area contributed by atoms with Gasteiger partial charge in [0, 0.05) is 12.6 Å². The summed E-state index contributed by atoms with van der Waals surface area (Å²) in [5, 5.41) is 4.50. The molecule has 4 nitrogen and oxygen atoms in total. The van der Waals surface area contributed by atoms with Gasteiger partial charge in [-0.25, -0.2) is 0 Å². The molecule has 1 aliphatic carbocycles. The summed E-state index contributed by atoms with van der Waals surface area (Å²) >= 11 is 0. The molecule has 0 aliphatic heterocycles. The van der Waals surface area contributed by atoms with E-state index in [0.29, 0.717) is 13.0 Å². The number of aromatic nitrogens is 2. The Morgan fingerprint density at radius 1 is 1.26 bits per heavy atom. The molecule has 0 unspecified atom stereocenters. The molecule has 0 radical (unpaired) electrons. The van der Waals surface area contributed by atoms with Crippen molar-refractivity contribution in [3.8, 4) is 5.75 Å². The summed E-state index contributed by atoms with van der Waals surface area (Å²) < 4.78 is 6.99. The number of hydrogen-bond donors (Lipinski definition) is 0. The first-order chi connectivity index (χ1) is 9.26. The lowest BCUT2D eigenvalue weighted by Crippen LogP contribution is -2.08. The van der Waals surface area contributed by atoms with Gasteiger partial charge in [-0.1, -0.05) is 12.1 Å². The number of rotatable bonds is 3. The molecular weight excluding hydrogens is 240 g/mol. The maximum atomic E-state index is 11.8. The average molecular weight is 256 g/mol.